The molecule has 0 radical (unpaired) electrons. The van der Waals surface area contributed by atoms with Gasteiger partial charge in [0.05, 0.1) is 5.69 Å². The van der Waals surface area contributed by atoms with Gasteiger partial charge in [0.2, 0.25) is 10.0 Å². The number of carbonyl (C=O) groups excluding carboxylic acids is 1. The Morgan fingerprint density at radius 3 is 2.48 bits per heavy atom. The summed E-state index contributed by atoms with van der Waals surface area (Å²) < 4.78 is 75.2. The maximum atomic E-state index is 13.1. The minimum atomic E-state index is -5.05. The van der Waals surface area contributed by atoms with Crippen molar-refractivity contribution in [2.24, 2.45) is 0 Å². The van der Waals surface area contributed by atoms with Gasteiger partial charge in [0.1, 0.15) is 11.5 Å². The maximum absolute atomic E-state index is 13.1. The first-order chi connectivity index (χ1) is 15.5. The molecule has 0 unspecified atom stereocenters. The molecule has 4 rings (SSSR count). The number of fused-ring (bicyclic) bond motifs is 1. The first-order valence-electron chi connectivity index (χ1n) is 9.75. The van der Waals surface area contributed by atoms with Crippen LogP contribution in [0.2, 0.25) is 5.02 Å². The Labute approximate surface area is 201 Å². The number of cyclic esters (lactones) is 1. The number of nitrogens with zero attached hydrogens (tertiary/aromatic N) is 2. The number of carbonyl (C=O) groups is 1. The van der Waals surface area contributed by atoms with Crippen LogP contribution in [0.5, 0.6) is 5.75 Å². The van der Waals surface area contributed by atoms with E-state index in [1.54, 1.807) is 18.2 Å². The van der Waals surface area contributed by atoms with Crippen LogP contribution in [0, 0.1) is 0 Å². The van der Waals surface area contributed by atoms with Crippen molar-refractivity contribution < 1.29 is 35.9 Å². The number of benzene rings is 2. The SMILES string of the molecule is O=C1OCc2cc(Cl)ccc2N1C1CCN(S(=O)(=O)c2ccc(Br)cc2OC(F)(F)F)CC1. The van der Waals surface area contributed by atoms with E-state index in [2.05, 4.69) is 20.7 Å². The third kappa shape index (κ3) is 5.08. The van der Waals surface area contributed by atoms with Crippen molar-refractivity contribution in [1.29, 1.82) is 0 Å². The largest absolute Gasteiger partial charge is 0.573 e. The number of ether oxygens (including phenoxy) is 2. The third-order valence-electron chi connectivity index (χ3n) is 5.39. The summed E-state index contributed by atoms with van der Waals surface area (Å²) in [6, 6.07) is 8.07. The van der Waals surface area contributed by atoms with Crippen LogP contribution in [0.3, 0.4) is 0 Å². The topological polar surface area (TPSA) is 76.2 Å². The van der Waals surface area contributed by atoms with E-state index in [-0.39, 0.29) is 43.1 Å². The Morgan fingerprint density at radius 2 is 1.82 bits per heavy atom. The maximum Gasteiger partial charge on any atom is 0.573 e. The molecule has 2 aromatic carbocycles. The normalized spacial score (nSPS) is 18.1. The molecule has 2 heterocycles. The molecule has 0 saturated carbocycles. The van der Waals surface area contributed by atoms with Gasteiger partial charge in [-0.15, -0.1) is 13.2 Å². The predicted molar refractivity (Wildman–Crippen MR) is 117 cm³/mol. The Bertz CT molecular complexity index is 1190. The summed E-state index contributed by atoms with van der Waals surface area (Å²) in [7, 11) is -4.28. The lowest BCUT2D eigenvalue weighted by atomic mass is 10.0. The summed E-state index contributed by atoms with van der Waals surface area (Å²) in [4.78, 5) is 13.4. The highest BCUT2D eigenvalue weighted by molar-refractivity contribution is 9.10. The fraction of sp³-hybridized carbons (Fsp3) is 0.350. The lowest BCUT2D eigenvalue weighted by Crippen LogP contribution is -2.50. The van der Waals surface area contributed by atoms with E-state index in [1.165, 1.54) is 11.0 Å². The number of sulfonamides is 1. The summed E-state index contributed by atoms with van der Waals surface area (Å²) >= 11 is 9.05. The Kier molecular flexibility index (Phi) is 6.56. The van der Waals surface area contributed by atoms with Gasteiger partial charge in [-0.3, -0.25) is 4.90 Å². The molecular weight excluding hydrogens is 553 g/mol. The van der Waals surface area contributed by atoms with E-state index >= 15 is 0 Å². The molecule has 1 amide bonds. The van der Waals surface area contributed by atoms with Crippen LogP contribution < -0.4 is 9.64 Å². The molecule has 2 aromatic rings. The van der Waals surface area contributed by atoms with Gasteiger partial charge in [-0.2, -0.15) is 4.31 Å². The van der Waals surface area contributed by atoms with Crippen molar-refractivity contribution in [3.05, 3.63) is 51.5 Å². The molecule has 0 aliphatic carbocycles. The van der Waals surface area contributed by atoms with Gasteiger partial charge >= 0.3 is 12.5 Å². The minimum absolute atomic E-state index is 0.00122. The number of hydrogen-bond donors (Lipinski definition) is 0. The third-order valence-corrected chi connectivity index (χ3v) is 8.05. The van der Waals surface area contributed by atoms with Crippen molar-refractivity contribution in [3.63, 3.8) is 0 Å². The van der Waals surface area contributed by atoms with E-state index < -0.39 is 33.1 Å². The van der Waals surface area contributed by atoms with Gasteiger partial charge in [0.15, 0.2) is 5.75 Å². The number of anilines is 1. The molecular formula is C20H17BrClF3N2O5S. The van der Waals surface area contributed by atoms with Crippen LogP contribution in [0.15, 0.2) is 45.8 Å². The van der Waals surface area contributed by atoms with Crippen molar-refractivity contribution in [1.82, 2.24) is 4.31 Å². The smallest absolute Gasteiger partial charge is 0.444 e. The fourth-order valence-electron chi connectivity index (χ4n) is 3.94. The zero-order chi connectivity index (χ0) is 24.0. The highest BCUT2D eigenvalue weighted by Gasteiger charge is 2.39. The molecule has 1 fully saturated rings. The van der Waals surface area contributed by atoms with E-state index in [0.717, 1.165) is 22.0 Å². The van der Waals surface area contributed by atoms with E-state index in [9.17, 15) is 26.4 Å². The number of rotatable bonds is 4. The lowest BCUT2D eigenvalue weighted by Gasteiger charge is -2.39. The number of halogens is 5. The summed E-state index contributed by atoms with van der Waals surface area (Å²) in [6.45, 7) is 0.0897. The van der Waals surface area contributed by atoms with E-state index in [1.807, 2.05) is 0 Å². The van der Waals surface area contributed by atoms with Crippen LogP contribution in [0.4, 0.5) is 23.7 Å². The predicted octanol–water partition coefficient (Wildman–Crippen LogP) is 5.31. The van der Waals surface area contributed by atoms with Gasteiger partial charge in [0, 0.05) is 34.2 Å². The van der Waals surface area contributed by atoms with E-state index in [0.29, 0.717) is 10.7 Å². The molecule has 0 aromatic heterocycles. The molecule has 33 heavy (non-hydrogen) atoms. The number of alkyl halides is 3. The monoisotopic (exact) mass is 568 g/mol. The van der Waals surface area contributed by atoms with Crippen LogP contribution in [-0.2, 0) is 21.4 Å². The molecule has 2 aliphatic heterocycles. The molecule has 2 aliphatic rings. The minimum Gasteiger partial charge on any atom is -0.444 e. The van der Waals surface area contributed by atoms with Gasteiger partial charge in [-0.1, -0.05) is 27.5 Å². The summed E-state index contributed by atoms with van der Waals surface area (Å²) in [6.07, 6.45) is -5.06. The van der Waals surface area contributed by atoms with Crippen LogP contribution >= 0.6 is 27.5 Å². The summed E-state index contributed by atoms with van der Waals surface area (Å²) in [5, 5.41) is 0.499. The van der Waals surface area contributed by atoms with Gasteiger partial charge in [0.25, 0.3) is 0 Å². The molecule has 178 valence electrons. The standard InChI is InChI=1S/C20H17BrClF3N2O5S/c21-13-1-4-18(17(10-13)32-20(23,24)25)33(29,30)26-7-5-15(6-8-26)27-16-3-2-14(22)9-12(16)11-31-19(27)28/h1-4,9-10,15H,5-8,11H2. The summed E-state index contributed by atoms with van der Waals surface area (Å²) in [5.74, 6) is -0.815. The van der Waals surface area contributed by atoms with E-state index in [4.69, 9.17) is 16.3 Å². The average molecular weight is 570 g/mol. The lowest BCUT2D eigenvalue weighted by molar-refractivity contribution is -0.275. The van der Waals surface area contributed by atoms with Gasteiger partial charge in [-0.05, 0) is 49.2 Å². The van der Waals surface area contributed by atoms with Crippen LogP contribution in [0.1, 0.15) is 18.4 Å². The molecule has 7 nitrogen and oxygen atoms in total. The Hall–Kier alpha value is -2.02. The fourth-order valence-corrected chi connectivity index (χ4v) is 6.04. The highest BCUT2D eigenvalue weighted by atomic mass is 79.9. The second-order valence-corrected chi connectivity index (χ2v) is 10.7. The zero-order valence-electron chi connectivity index (χ0n) is 16.8. The number of amides is 1. The first kappa shape index (κ1) is 24.1. The Balaban J connectivity index is 1.55. The second kappa shape index (κ2) is 8.97. The van der Waals surface area contributed by atoms with Gasteiger partial charge < -0.3 is 9.47 Å². The van der Waals surface area contributed by atoms with Crippen molar-refractivity contribution in [3.8, 4) is 5.75 Å². The molecule has 0 spiro atoms. The zero-order valence-corrected chi connectivity index (χ0v) is 20.0. The molecule has 0 atom stereocenters. The molecule has 0 N–H and O–H groups in total. The summed E-state index contributed by atoms with van der Waals surface area (Å²) in [5.41, 5.74) is 1.38. The quantitative estimate of drug-likeness (QED) is 0.499. The second-order valence-electron chi connectivity index (χ2n) is 7.47. The van der Waals surface area contributed by atoms with Crippen molar-refractivity contribution in [2.75, 3.05) is 18.0 Å². The molecule has 13 heteroatoms. The van der Waals surface area contributed by atoms with Crippen LogP contribution in [0.25, 0.3) is 0 Å². The first-order valence-corrected chi connectivity index (χ1v) is 12.4. The Morgan fingerprint density at radius 1 is 1.12 bits per heavy atom. The van der Waals surface area contributed by atoms with Crippen molar-refractivity contribution >= 4 is 49.3 Å². The molecule has 1 saturated heterocycles. The number of hydrogen-bond acceptors (Lipinski definition) is 5. The highest BCUT2D eigenvalue weighted by Crippen LogP contribution is 2.37. The van der Waals surface area contributed by atoms with Crippen LogP contribution in [-0.4, -0.2) is 44.3 Å². The average Bonchev–Trinajstić information content (AvgIpc) is 2.72. The van der Waals surface area contributed by atoms with Gasteiger partial charge in [-0.25, -0.2) is 13.2 Å². The van der Waals surface area contributed by atoms with Crippen molar-refractivity contribution in [2.45, 2.75) is 36.7 Å². The number of piperidine rings is 1. The molecule has 0 bridgehead atoms.